The van der Waals surface area contributed by atoms with Crippen LogP contribution < -0.4 is 0 Å². The minimum atomic E-state index is -1.51. The second-order valence-corrected chi connectivity index (χ2v) is 1.33. The van der Waals surface area contributed by atoms with Gasteiger partial charge in [-0.2, -0.15) is 0 Å². The first-order chi connectivity index (χ1) is 4.24. The van der Waals surface area contributed by atoms with E-state index in [-0.39, 0.29) is 32.7 Å². The molecule has 0 aromatic rings. The Morgan fingerprint density at radius 2 is 1.40 bits per heavy atom. The molecule has 4 nitrogen and oxygen atoms in total. The van der Waals surface area contributed by atoms with Crippen molar-refractivity contribution >= 4 is 6.29 Å². The van der Waals surface area contributed by atoms with E-state index in [9.17, 15) is 4.79 Å². The number of methoxy groups -OCH3 is 3. The fraction of sp³-hybridized carbons (Fsp3) is 0.800. The van der Waals surface area contributed by atoms with Crippen LogP contribution in [0.25, 0.3) is 0 Å². The summed E-state index contributed by atoms with van der Waals surface area (Å²) >= 11 is 0. The van der Waals surface area contributed by atoms with Crippen LogP contribution in [0.2, 0.25) is 0 Å². The third kappa shape index (κ3) is 3.17. The molecule has 0 aromatic carbocycles. The smallest absolute Gasteiger partial charge is 0.325 e. The molecule has 0 aliphatic carbocycles. The Labute approximate surface area is 85.1 Å². The van der Waals surface area contributed by atoms with Gasteiger partial charge in [-0.05, 0) is 0 Å². The fourth-order valence-corrected chi connectivity index (χ4v) is 0.394. The number of carbonyl (C=O) groups is 1. The molecule has 0 heterocycles. The van der Waals surface area contributed by atoms with Gasteiger partial charge in [-0.1, -0.05) is 0 Å². The van der Waals surface area contributed by atoms with Gasteiger partial charge in [0.1, 0.15) is 0 Å². The van der Waals surface area contributed by atoms with E-state index in [0.717, 1.165) is 0 Å². The average Bonchev–Trinajstić information content (AvgIpc) is 1.95. The molecule has 0 spiro atoms. The zero-order chi connectivity index (χ0) is 7.33. The van der Waals surface area contributed by atoms with E-state index in [4.69, 9.17) is 0 Å². The van der Waals surface area contributed by atoms with Crippen molar-refractivity contribution in [1.82, 2.24) is 0 Å². The van der Waals surface area contributed by atoms with Crippen molar-refractivity contribution in [3.63, 3.8) is 0 Å². The number of carbonyl (C=O) groups excluding carboxylic acids is 1. The van der Waals surface area contributed by atoms with E-state index in [2.05, 4.69) is 14.2 Å². The Kier molecular flexibility index (Phi) is 8.44. The molecule has 0 N–H and O–H groups in total. The molecule has 0 aliphatic heterocycles. The van der Waals surface area contributed by atoms with Gasteiger partial charge >= 0.3 is 5.97 Å². The Hall–Kier alpha value is 0.654. The summed E-state index contributed by atoms with van der Waals surface area (Å²) in [5, 5.41) is 0. The second kappa shape index (κ2) is 6.37. The third-order valence-corrected chi connectivity index (χ3v) is 0.998. The number of hydrogen-bond donors (Lipinski definition) is 0. The molecule has 57 valence electrons. The third-order valence-electron chi connectivity index (χ3n) is 0.998. The van der Waals surface area contributed by atoms with Crippen LogP contribution >= 0.6 is 0 Å². The van der Waals surface area contributed by atoms with Crippen LogP contribution in [0.1, 0.15) is 0 Å². The predicted molar refractivity (Wildman–Crippen MR) is 29.8 cm³/mol. The standard InChI is InChI=1S/C5H10O4.Y/c1-7-5(4-6,8-2)9-3;/h4H,1-3H3;. The van der Waals surface area contributed by atoms with E-state index < -0.39 is 5.97 Å². The minimum Gasteiger partial charge on any atom is -0.325 e. The summed E-state index contributed by atoms with van der Waals surface area (Å²) < 4.78 is 13.7. The van der Waals surface area contributed by atoms with Crippen molar-refractivity contribution < 1.29 is 51.7 Å². The minimum absolute atomic E-state index is 0. The summed E-state index contributed by atoms with van der Waals surface area (Å²) in [5.41, 5.74) is 0. The van der Waals surface area contributed by atoms with Crippen LogP contribution in [0.15, 0.2) is 0 Å². The molecule has 0 saturated heterocycles. The first-order valence-corrected chi connectivity index (χ1v) is 2.36. The molecular weight excluding hydrogens is 213 g/mol. The zero-order valence-electron chi connectivity index (χ0n) is 6.29. The molecule has 0 saturated carbocycles. The Bertz CT molecular complexity index is 83.4. The topological polar surface area (TPSA) is 44.8 Å². The van der Waals surface area contributed by atoms with E-state index in [1.54, 1.807) is 0 Å². The molecule has 0 aliphatic rings. The SMILES string of the molecule is COC(C=O)(OC)OC.[Y]. The molecule has 0 atom stereocenters. The van der Waals surface area contributed by atoms with Crippen molar-refractivity contribution in [3.8, 4) is 0 Å². The van der Waals surface area contributed by atoms with Crippen molar-refractivity contribution in [3.05, 3.63) is 0 Å². The summed E-state index contributed by atoms with van der Waals surface area (Å²) in [5.74, 6) is -1.51. The molecule has 1 radical (unpaired) electrons. The van der Waals surface area contributed by atoms with Crippen LogP contribution in [0, 0.1) is 0 Å². The van der Waals surface area contributed by atoms with Crippen LogP contribution in [0.4, 0.5) is 0 Å². The summed E-state index contributed by atoms with van der Waals surface area (Å²) in [4.78, 5) is 10.1. The first-order valence-electron chi connectivity index (χ1n) is 2.36. The Morgan fingerprint density at radius 1 is 1.10 bits per heavy atom. The number of ether oxygens (including phenoxy) is 3. The van der Waals surface area contributed by atoms with Gasteiger partial charge in [-0.15, -0.1) is 0 Å². The summed E-state index contributed by atoms with van der Waals surface area (Å²) in [6, 6.07) is 0. The van der Waals surface area contributed by atoms with Gasteiger partial charge in [0.25, 0.3) is 0 Å². The molecule has 0 unspecified atom stereocenters. The van der Waals surface area contributed by atoms with Gasteiger partial charge in [0.15, 0.2) is 0 Å². The van der Waals surface area contributed by atoms with Gasteiger partial charge in [-0.3, -0.25) is 4.79 Å². The predicted octanol–water partition coefficient (Wildman–Crippen LogP) is -0.224. The van der Waals surface area contributed by atoms with Crippen LogP contribution in [-0.4, -0.2) is 33.6 Å². The quantitative estimate of drug-likeness (QED) is 0.488. The van der Waals surface area contributed by atoms with Crippen molar-refractivity contribution in [2.24, 2.45) is 0 Å². The Balaban J connectivity index is 0. The first kappa shape index (κ1) is 13.3. The molecule has 0 fully saturated rings. The van der Waals surface area contributed by atoms with E-state index in [1.807, 2.05) is 0 Å². The maximum atomic E-state index is 10.1. The maximum Gasteiger partial charge on any atom is 0.342 e. The van der Waals surface area contributed by atoms with Gasteiger partial charge < -0.3 is 14.2 Å². The van der Waals surface area contributed by atoms with Crippen LogP contribution in [-0.2, 0) is 51.7 Å². The second-order valence-electron chi connectivity index (χ2n) is 1.33. The zero-order valence-corrected chi connectivity index (χ0v) is 9.13. The molecule has 0 aromatic heterocycles. The number of hydrogen-bond acceptors (Lipinski definition) is 4. The van der Waals surface area contributed by atoms with Crippen molar-refractivity contribution in [2.45, 2.75) is 5.97 Å². The molecule has 0 amide bonds. The number of aldehydes is 1. The normalized spacial score (nSPS) is 10.3. The fourth-order valence-electron chi connectivity index (χ4n) is 0.394. The summed E-state index contributed by atoms with van der Waals surface area (Å²) in [6.07, 6.45) is 0.437. The molecule has 5 heteroatoms. The molecule has 0 bridgehead atoms. The van der Waals surface area contributed by atoms with E-state index in [1.165, 1.54) is 21.3 Å². The van der Waals surface area contributed by atoms with Crippen LogP contribution in [0.5, 0.6) is 0 Å². The molecule has 10 heavy (non-hydrogen) atoms. The maximum absolute atomic E-state index is 10.1. The Morgan fingerprint density at radius 3 is 1.40 bits per heavy atom. The summed E-state index contributed by atoms with van der Waals surface area (Å²) in [7, 11) is 3.96. The number of rotatable bonds is 4. The average molecular weight is 223 g/mol. The van der Waals surface area contributed by atoms with Crippen molar-refractivity contribution in [2.75, 3.05) is 21.3 Å². The molecular formula is C5H10O4Y. The monoisotopic (exact) mass is 223 g/mol. The van der Waals surface area contributed by atoms with Gasteiger partial charge in [-0.25, -0.2) is 0 Å². The van der Waals surface area contributed by atoms with E-state index >= 15 is 0 Å². The molecule has 0 rings (SSSR count). The van der Waals surface area contributed by atoms with Crippen molar-refractivity contribution in [1.29, 1.82) is 0 Å². The largest absolute Gasteiger partial charge is 0.342 e. The van der Waals surface area contributed by atoms with E-state index in [0.29, 0.717) is 6.29 Å². The van der Waals surface area contributed by atoms with Gasteiger partial charge in [0.2, 0.25) is 6.29 Å². The van der Waals surface area contributed by atoms with Gasteiger partial charge in [0, 0.05) is 54.0 Å². The van der Waals surface area contributed by atoms with Crippen LogP contribution in [0.3, 0.4) is 0 Å². The van der Waals surface area contributed by atoms with Gasteiger partial charge in [0.05, 0.1) is 0 Å². The summed E-state index contributed by atoms with van der Waals surface area (Å²) in [6.45, 7) is 0.